The number of carbonyl (C=O) groups is 3. The standard InChI is InChI=1S/C51H100NO9P.C2H6/c1-8-10-12-14-16-18-20-22-24-26-28-30-32-34-36-38-47(53)58-44-46(45-60-62(56,57)59-43-42-52-49(55)51(6,7)41-40-50(3,4)5)61-48(54)39-37-35-33-31-29-27-25-23-21-19-17-15-13-11-9-2;1-2/h46H,8-45H2,1-7H3,(H,52,55)(H,56,57);1-2H3/t46-;/m1./s1. The number of hydrogen-bond donors (Lipinski definition) is 2. The molecule has 382 valence electrons. The molecule has 0 bridgehead atoms. The summed E-state index contributed by atoms with van der Waals surface area (Å²) < 4.78 is 34.1. The minimum Gasteiger partial charge on any atom is -0.462 e. The van der Waals surface area contributed by atoms with Crippen LogP contribution in [0.4, 0.5) is 0 Å². The Morgan fingerprint density at radius 1 is 0.516 bits per heavy atom. The fraction of sp³-hybridized carbons (Fsp3) is 0.943. The highest BCUT2D eigenvalue weighted by molar-refractivity contribution is 7.47. The number of phosphoric ester groups is 1. The zero-order chi connectivity index (χ0) is 48.2. The van der Waals surface area contributed by atoms with Crippen molar-refractivity contribution in [1.29, 1.82) is 0 Å². The van der Waals surface area contributed by atoms with E-state index in [9.17, 15) is 23.8 Å². The van der Waals surface area contributed by atoms with Gasteiger partial charge in [0, 0.05) is 24.8 Å². The third-order valence-corrected chi connectivity index (χ3v) is 12.9. The van der Waals surface area contributed by atoms with Crippen molar-refractivity contribution in [3.05, 3.63) is 0 Å². The quantitative estimate of drug-likeness (QED) is 0.0347. The molecule has 1 amide bonds. The van der Waals surface area contributed by atoms with Gasteiger partial charge in [-0.2, -0.15) is 0 Å². The van der Waals surface area contributed by atoms with E-state index in [-0.39, 0.29) is 43.9 Å². The molecular formula is C53H106NO9P. The first kappa shape index (κ1) is 64.6. The van der Waals surface area contributed by atoms with Crippen molar-refractivity contribution in [2.75, 3.05) is 26.4 Å². The van der Waals surface area contributed by atoms with Crippen LogP contribution in [0.5, 0.6) is 0 Å². The van der Waals surface area contributed by atoms with Gasteiger partial charge in [-0.05, 0) is 31.1 Å². The topological polar surface area (TPSA) is 137 Å². The summed E-state index contributed by atoms with van der Waals surface area (Å²) in [6.07, 6.45) is 38.0. The SMILES string of the molecule is CC.CCCCCCCCCCCCCCCCCC(=O)OC[C@H](COP(=O)(O)OCCNC(=O)C(C)(C)CCC(C)(C)C)OC(=O)CCCCCCCCCCCCCCCCC. The first-order chi connectivity index (χ1) is 30.6. The van der Waals surface area contributed by atoms with E-state index >= 15 is 0 Å². The molecule has 2 atom stereocenters. The molecule has 0 radical (unpaired) electrons. The van der Waals surface area contributed by atoms with Crippen LogP contribution in [0.1, 0.15) is 281 Å². The van der Waals surface area contributed by atoms with E-state index in [2.05, 4.69) is 39.9 Å². The second kappa shape index (κ2) is 44.1. The van der Waals surface area contributed by atoms with Gasteiger partial charge in [-0.25, -0.2) is 4.57 Å². The number of carbonyl (C=O) groups excluding carboxylic acids is 3. The summed E-state index contributed by atoms with van der Waals surface area (Å²) in [5.74, 6) is -1.02. The van der Waals surface area contributed by atoms with E-state index in [0.29, 0.717) is 12.8 Å². The normalized spacial score (nSPS) is 13.2. The Balaban J connectivity index is 0. The van der Waals surface area contributed by atoms with E-state index in [1.165, 1.54) is 148 Å². The van der Waals surface area contributed by atoms with Crippen molar-refractivity contribution < 1.29 is 42.4 Å². The van der Waals surface area contributed by atoms with Gasteiger partial charge in [0.2, 0.25) is 5.91 Å². The van der Waals surface area contributed by atoms with Crippen molar-refractivity contribution in [2.45, 2.75) is 287 Å². The summed E-state index contributed by atoms with van der Waals surface area (Å²) in [4.78, 5) is 48.6. The Hall–Kier alpha value is -1.48. The minimum atomic E-state index is -4.56. The number of rotatable bonds is 45. The van der Waals surface area contributed by atoms with Gasteiger partial charge in [-0.3, -0.25) is 23.4 Å². The summed E-state index contributed by atoms with van der Waals surface area (Å²) in [5.41, 5.74) is -0.497. The fourth-order valence-electron chi connectivity index (χ4n) is 7.48. The van der Waals surface area contributed by atoms with Crippen LogP contribution in [0.15, 0.2) is 0 Å². The zero-order valence-corrected chi connectivity index (χ0v) is 44.5. The molecule has 0 spiro atoms. The van der Waals surface area contributed by atoms with E-state index in [0.717, 1.165) is 44.9 Å². The van der Waals surface area contributed by atoms with Crippen LogP contribution < -0.4 is 5.32 Å². The molecular weight excluding hydrogens is 826 g/mol. The number of unbranched alkanes of at least 4 members (excludes halogenated alkanes) is 28. The van der Waals surface area contributed by atoms with E-state index in [4.69, 9.17) is 18.5 Å². The first-order valence-corrected chi connectivity index (χ1v) is 28.4. The van der Waals surface area contributed by atoms with Gasteiger partial charge >= 0.3 is 19.8 Å². The molecule has 0 saturated carbocycles. The van der Waals surface area contributed by atoms with E-state index in [1.54, 1.807) is 0 Å². The number of hydrogen-bond acceptors (Lipinski definition) is 8. The van der Waals surface area contributed by atoms with Crippen LogP contribution in [-0.4, -0.2) is 55.2 Å². The summed E-state index contributed by atoms with van der Waals surface area (Å²) in [5, 5.41) is 2.78. The average Bonchev–Trinajstić information content (AvgIpc) is 3.25. The van der Waals surface area contributed by atoms with Crippen LogP contribution in [0.25, 0.3) is 0 Å². The molecule has 0 aromatic heterocycles. The molecule has 0 aliphatic carbocycles. The van der Waals surface area contributed by atoms with Gasteiger partial charge in [0.05, 0.1) is 13.2 Å². The highest BCUT2D eigenvalue weighted by atomic mass is 31.2. The van der Waals surface area contributed by atoms with E-state index < -0.39 is 37.9 Å². The molecule has 0 heterocycles. The third-order valence-electron chi connectivity index (χ3n) is 11.9. The monoisotopic (exact) mass is 932 g/mol. The van der Waals surface area contributed by atoms with Gasteiger partial charge in [0.15, 0.2) is 6.10 Å². The lowest BCUT2D eigenvalue weighted by Crippen LogP contribution is -2.39. The van der Waals surface area contributed by atoms with Crippen molar-refractivity contribution in [3.8, 4) is 0 Å². The van der Waals surface area contributed by atoms with Crippen molar-refractivity contribution in [1.82, 2.24) is 5.32 Å². The van der Waals surface area contributed by atoms with Gasteiger partial charge in [0.1, 0.15) is 6.61 Å². The molecule has 2 N–H and O–H groups in total. The maximum absolute atomic E-state index is 12.8. The maximum atomic E-state index is 12.8. The molecule has 11 heteroatoms. The van der Waals surface area contributed by atoms with Gasteiger partial charge in [0.25, 0.3) is 0 Å². The third kappa shape index (κ3) is 45.7. The molecule has 64 heavy (non-hydrogen) atoms. The molecule has 0 fully saturated rings. The predicted molar refractivity (Wildman–Crippen MR) is 268 cm³/mol. The number of ether oxygens (including phenoxy) is 2. The van der Waals surface area contributed by atoms with E-state index in [1.807, 2.05) is 27.7 Å². The fourth-order valence-corrected chi connectivity index (χ4v) is 8.23. The molecule has 0 aromatic carbocycles. The van der Waals surface area contributed by atoms with Gasteiger partial charge in [-0.15, -0.1) is 0 Å². The Labute approximate surface area is 396 Å². The van der Waals surface area contributed by atoms with Gasteiger partial charge < -0.3 is 19.7 Å². The molecule has 1 unspecified atom stereocenters. The molecule has 0 rings (SSSR count). The first-order valence-electron chi connectivity index (χ1n) is 26.9. The van der Waals surface area contributed by atoms with Crippen molar-refractivity contribution >= 4 is 25.7 Å². The Morgan fingerprint density at radius 3 is 1.25 bits per heavy atom. The number of esters is 2. The number of phosphoric acid groups is 1. The summed E-state index contributed by atoms with van der Waals surface area (Å²) in [6, 6.07) is 0. The number of amides is 1. The van der Waals surface area contributed by atoms with Crippen LogP contribution in [-0.2, 0) is 37.5 Å². The summed E-state index contributed by atoms with van der Waals surface area (Å²) in [6.45, 7) is 17.7. The second-order valence-corrected chi connectivity index (χ2v) is 21.4. The molecule has 0 aliphatic rings. The van der Waals surface area contributed by atoms with Crippen molar-refractivity contribution in [2.24, 2.45) is 10.8 Å². The average molecular weight is 932 g/mol. The molecule has 0 saturated heterocycles. The van der Waals surface area contributed by atoms with Crippen LogP contribution in [0.2, 0.25) is 0 Å². The Morgan fingerprint density at radius 2 is 0.875 bits per heavy atom. The summed E-state index contributed by atoms with van der Waals surface area (Å²) >= 11 is 0. The Kier molecular flexibility index (Phi) is 44.5. The lowest BCUT2D eigenvalue weighted by Gasteiger charge is -2.28. The minimum absolute atomic E-state index is 0.0281. The smallest absolute Gasteiger partial charge is 0.462 e. The molecule has 0 aliphatic heterocycles. The largest absolute Gasteiger partial charge is 0.472 e. The predicted octanol–water partition coefficient (Wildman–Crippen LogP) is 16.1. The Bertz CT molecular complexity index is 1130. The second-order valence-electron chi connectivity index (χ2n) is 20.0. The zero-order valence-electron chi connectivity index (χ0n) is 43.6. The molecule has 10 nitrogen and oxygen atoms in total. The van der Waals surface area contributed by atoms with Gasteiger partial charge in [-0.1, -0.05) is 242 Å². The highest BCUT2D eigenvalue weighted by Crippen LogP contribution is 2.43. The lowest BCUT2D eigenvalue weighted by molar-refractivity contribution is -0.161. The van der Waals surface area contributed by atoms with Crippen LogP contribution in [0, 0.1) is 10.8 Å². The highest BCUT2D eigenvalue weighted by Gasteiger charge is 2.30. The van der Waals surface area contributed by atoms with Crippen molar-refractivity contribution in [3.63, 3.8) is 0 Å². The van der Waals surface area contributed by atoms with Crippen LogP contribution >= 0.6 is 7.82 Å². The number of nitrogens with one attached hydrogen (secondary N) is 1. The maximum Gasteiger partial charge on any atom is 0.472 e. The molecule has 0 aromatic rings. The van der Waals surface area contributed by atoms with Crippen LogP contribution in [0.3, 0.4) is 0 Å². The summed E-state index contributed by atoms with van der Waals surface area (Å²) in [7, 11) is -4.56. The lowest BCUT2D eigenvalue weighted by atomic mass is 9.79.